The van der Waals surface area contributed by atoms with E-state index in [1.165, 1.54) is 0 Å². The zero-order valence-electron chi connectivity index (χ0n) is 12.5. The summed E-state index contributed by atoms with van der Waals surface area (Å²) in [4.78, 5) is 14.2. The minimum Gasteiger partial charge on any atom is -0.497 e. The van der Waals surface area contributed by atoms with Gasteiger partial charge >= 0.3 is 0 Å². The van der Waals surface area contributed by atoms with Crippen LogP contribution in [0.5, 0.6) is 5.75 Å². The number of carbonyl (C=O) groups is 1. The molecular weight excluding hydrogens is 292 g/mol. The molecule has 1 amide bonds. The lowest BCUT2D eigenvalue weighted by molar-refractivity contribution is -0.134. The van der Waals surface area contributed by atoms with E-state index in [2.05, 4.69) is 0 Å². The molecule has 1 aromatic rings. The van der Waals surface area contributed by atoms with E-state index in [-0.39, 0.29) is 31.0 Å². The van der Waals surface area contributed by atoms with E-state index in [0.717, 1.165) is 30.7 Å². The SMILES string of the molecule is COCC(N)C(=O)N1CCCC1c1cccc(OC)c1.Cl. The van der Waals surface area contributed by atoms with Crippen LogP contribution in [0.1, 0.15) is 24.4 Å². The summed E-state index contributed by atoms with van der Waals surface area (Å²) in [5.41, 5.74) is 6.96. The average Bonchev–Trinajstić information content (AvgIpc) is 2.96. The third-order valence-corrected chi connectivity index (χ3v) is 3.68. The molecule has 118 valence electrons. The first kappa shape index (κ1) is 17.8. The van der Waals surface area contributed by atoms with Crippen LogP contribution in [-0.2, 0) is 9.53 Å². The number of methoxy groups -OCH3 is 2. The van der Waals surface area contributed by atoms with Crippen LogP contribution in [-0.4, -0.2) is 44.2 Å². The molecule has 0 aromatic heterocycles. The van der Waals surface area contributed by atoms with Gasteiger partial charge in [-0.15, -0.1) is 12.4 Å². The summed E-state index contributed by atoms with van der Waals surface area (Å²) in [6.07, 6.45) is 1.95. The Hall–Kier alpha value is -1.30. The summed E-state index contributed by atoms with van der Waals surface area (Å²) in [7, 11) is 3.20. The highest BCUT2D eigenvalue weighted by molar-refractivity contribution is 5.85. The van der Waals surface area contributed by atoms with Crippen molar-refractivity contribution in [3.63, 3.8) is 0 Å². The fraction of sp³-hybridized carbons (Fsp3) is 0.533. The molecule has 1 saturated heterocycles. The molecule has 1 fully saturated rings. The quantitative estimate of drug-likeness (QED) is 0.899. The number of likely N-dealkylation sites (tertiary alicyclic amines) is 1. The van der Waals surface area contributed by atoms with E-state index in [1.54, 1.807) is 14.2 Å². The molecule has 0 aliphatic carbocycles. The number of benzene rings is 1. The maximum atomic E-state index is 12.4. The molecule has 1 aliphatic rings. The Morgan fingerprint density at radius 3 is 2.90 bits per heavy atom. The Kier molecular flexibility index (Phi) is 6.95. The first-order chi connectivity index (χ1) is 9.67. The second-order valence-corrected chi connectivity index (χ2v) is 5.03. The number of carbonyl (C=O) groups excluding carboxylic acids is 1. The van der Waals surface area contributed by atoms with Crippen molar-refractivity contribution < 1.29 is 14.3 Å². The second-order valence-electron chi connectivity index (χ2n) is 5.03. The van der Waals surface area contributed by atoms with Gasteiger partial charge in [0, 0.05) is 13.7 Å². The van der Waals surface area contributed by atoms with Crippen LogP contribution >= 0.6 is 12.4 Å². The summed E-state index contributed by atoms with van der Waals surface area (Å²) >= 11 is 0. The fourth-order valence-corrected chi connectivity index (χ4v) is 2.69. The first-order valence-corrected chi connectivity index (χ1v) is 6.86. The Bertz CT molecular complexity index is 470. The standard InChI is InChI=1S/C15H22N2O3.ClH/c1-19-10-13(16)15(18)17-8-4-7-14(17)11-5-3-6-12(9-11)20-2;/h3,5-6,9,13-14H,4,7-8,10,16H2,1-2H3;1H. The van der Waals surface area contributed by atoms with E-state index in [0.29, 0.717) is 0 Å². The molecule has 2 atom stereocenters. The highest BCUT2D eigenvalue weighted by atomic mass is 35.5. The van der Waals surface area contributed by atoms with Gasteiger partial charge in [-0.3, -0.25) is 4.79 Å². The van der Waals surface area contributed by atoms with E-state index in [9.17, 15) is 4.79 Å². The average molecular weight is 315 g/mol. The zero-order chi connectivity index (χ0) is 14.5. The number of rotatable bonds is 5. The van der Waals surface area contributed by atoms with Crippen LogP contribution in [0.15, 0.2) is 24.3 Å². The second kappa shape index (κ2) is 8.22. The number of hydrogen-bond acceptors (Lipinski definition) is 4. The third kappa shape index (κ3) is 4.09. The Labute approximate surface area is 131 Å². The van der Waals surface area contributed by atoms with Gasteiger partial charge in [0.05, 0.1) is 19.8 Å². The van der Waals surface area contributed by atoms with Gasteiger partial charge in [-0.2, -0.15) is 0 Å². The van der Waals surface area contributed by atoms with Crippen LogP contribution in [0.3, 0.4) is 0 Å². The van der Waals surface area contributed by atoms with E-state index in [1.807, 2.05) is 29.2 Å². The molecule has 1 aromatic carbocycles. The van der Waals surface area contributed by atoms with Crippen molar-refractivity contribution in [3.8, 4) is 5.75 Å². The molecule has 2 rings (SSSR count). The molecule has 0 spiro atoms. The molecule has 0 bridgehead atoms. The normalized spacial score (nSPS) is 19.0. The lowest BCUT2D eigenvalue weighted by atomic mass is 10.0. The molecule has 1 heterocycles. The predicted molar refractivity (Wildman–Crippen MR) is 83.8 cm³/mol. The van der Waals surface area contributed by atoms with Gasteiger partial charge < -0.3 is 20.1 Å². The van der Waals surface area contributed by atoms with Gasteiger partial charge in [-0.25, -0.2) is 0 Å². The van der Waals surface area contributed by atoms with Crippen molar-refractivity contribution in [3.05, 3.63) is 29.8 Å². The molecule has 0 radical (unpaired) electrons. The maximum absolute atomic E-state index is 12.4. The van der Waals surface area contributed by atoms with E-state index >= 15 is 0 Å². The molecule has 2 N–H and O–H groups in total. The van der Waals surface area contributed by atoms with Crippen LogP contribution < -0.4 is 10.5 Å². The van der Waals surface area contributed by atoms with Gasteiger partial charge in [0.25, 0.3) is 0 Å². The Morgan fingerprint density at radius 1 is 1.48 bits per heavy atom. The molecule has 0 saturated carbocycles. The summed E-state index contributed by atoms with van der Waals surface area (Å²) in [5.74, 6) is 0.764. The summed E-state index contributed by atoms with van der Waals surface area (Å²) in [6, 6.07) is 7.36. The fourth-order valence-electron chi connectivity index (χ4n) is 2.69. The number of nitrogens with two attached hydrogens (primary N) is 1. The molecule has 21 heavy (non-hydrogen) atoms. The number of ether oxygens (including phenoxy) is 2. The molecule has 2 unspecified atom stereocenters. The predicted octanol–water partition coefficient (Wildman–Crippen LogP) is 1.75. The third-order valence-electron chi connectivity index (χ3n) is 3.68. The lowest BCUT2D eigenvalue weighted by Crippen LogP contribution is -2.45. The van der Waals surface area contributed by atoms with Crippen molar-refractivity contribution in [2.24, 2.45) is 5.73 Å². The number of halogens is 1. The minimum atomic E-state index is -0.591. The van der Waals surface area contributed by atoms with Crippen molar-refractivity contribution in [2.45, 2.75) is 24.9 Å². The monoisotopic (exact) mass is 314 g/mol. The molecule has 1 aliphatic heterocycles. The molecule has 6 heteroatoms. The smallest absolute Gasteiger partial charge is 0.242 e. The van der Waals surface area contributed by atoms with Crippen molar-refractivity contribution in [2.75, 3.05) is 27.4 Å². The maximum Gasteiger partial charge on any atom is 0.242 e. The first-order valence-electron chi connectivity index (χ1n) is 6.86. The summed E-state index contributed by atoms with van der Waals surface area (Å²) < 4.78 is 10.2. The van der Waals surface area contributed by atoms with E-state index < -0.39 is 6.04 Å². The van der Waals surface area contributed by atoms with Gasteiger partial charge in [-0.05, 0) is 30.5 Å². The molecular formula is C15H23ClN2O3. The van der Waals surface area contributed by atoms with E-state index in [4.69, 9.17) is 15.2 Å². The summed E-state index contributed by atoms with van der Waals surface area (Å²) in [5, 5.41) is 0. The van der Waals surface area contributed by atoms with Crippen LogP contribution in [0.2, 0.25) is 0 Å². The number of nitrogens with zero attached hydrogens (tertiary/aromatic N) is 1. The Morgan fingerprint density at radius 2 is 2.24 bits per heavy atom. The summed E-state index contributed by atoms with van der Waals surface area (Å²) in [6.45, 7) is 0.998. The minimum absolute atomic E-state index is 0. The highest BCUT2D eigenvalue weighted by Crippen LogP contribution is 2.33. The number of amides is 1. The van der Waals surface area contributed by atoms with Crippen molar-refractivity contribution in [1.82, 2.24) is 4.90 Å². The van der Waals surface area contributed by atoms with Gasteiger partial charge in [0.2, 0.25) is 5.91 Å². The van der Waals surface area contributed by atoms with Gasteiger partial charge in [-0.1, -0.05) is 12.1 Å². The van der Waals surface area contributed by atoms with Gasteiger partial charge in [0.1, 0.15) is 11.8 Å². The highest BCUT2D eigenvalue weighted by Gasteiger charge is 2.32. The number of hydrogen-bond donors (Lipinski definition) is 1. The topological polar surface area (TPSA) is 64.8 Å². The molecule has 5 nitrogen and oxygen atoms in total. The Balaban J connectivity index is 0.00000220. The lowest BCUT2D eigenvalue weighted by Gasteiger charge is -2.27. The zero-order valence-corrected chi connectivity index (χ0v) is 13.3. The largest absolute Gasteiger partial charge is 0.497 e. The van der Waals surface area contributed by atoms with Crippen LogP contribution in [0.25, 0.3) is 0 Å². The van der Waals surface area contributed by atoms with Gasteiger partial charge in [0.15, 0.2) is 0 Å². The van der Waals surface area contributed by atoms with Crippen molar-refractivity contribution in [1.29, 1.82) is 0 Å². The van der Waals surface area contributed by atoms with Crippen LogP contribution in [0, 0.1) is 0 Å². The van der Waals surface area contributed by atoms with Crippen LogP contribution in [0.4, 0.5) is 0 Å². The van der Waals surface area contributed by atoms with Crippen molar-refractivity contribution >= 4 is 18.3 Å².